The summed E-state index contributed by atoms with van der Waals surface area (Å²) in [7, 11) is 0. The highest BCUT2D eigenvalue weighted by atomic mass is 35.5. The molecule has 0 spiro atoms. The van der Waals surface area contributed by atoms with Crippen molar-refractivity contribution >= 4 is 28.4 Å². The molecule has 0 fully saturated rings. The second kappa shape index (κ2) is 8.88. The smallest absolute Gasteiger partial charge is 0.220 e. The lowest BCUT2D eigenvalue weighted by Gasteiger charge is -2.07. The number of aryl methyl sites for hydroxylation is 1. The summed E-state index contributed by atoms with van der Waals surface area (Å²) in [5, 5.41) is 4.70. The Morgan fingerprint density at radius 2 is 1.86 bits per heavy atom. The van der Waals surface area contributed by atoms with E-state index >= 15 is 0 Å². The fraction of sp³-hybridized carbons (Fsp3) is 0.174. The third-order valence-electron chi connectivity index (χ3n) is 4.81. The molecule has 3 aromatic heterocycles. The molecule has 6 heteroatoms. The fourth-order valence-electron chi connectivity index (χ4n) is 3.41. The van der Waals surface area contributed by atoms with Crippen molar-refractivity contribution in [2.75, 3.05) is 0 Å². The number of nitrogens with zero attached hydrogens (tertiary/aromatic N) is 2. The van der Waals surface area contributed by atoms with E-state index in [-0.39, 0.29) is 5.91 Å². The first kappa shape index (κ1) is 19.2. The number of pyridine rings is 2. The van der Waals surface area contributed by atoms with Crippen LogP contribution in [0, 0.1) is 0 Å². The molecule has 0 atom stereocenters. The van der Waals surface area contributed by atoms with Gasteiger partial charge in [0, 0.05) is 34.7 Å². The van der Waals surface area contributed by atoms with Gasteiger partial charge < -0.3 is 10.3 Å². The number of aromatic nitrogens is 3. The maximum Gasteiger partial charge on any atom is 0.220 e. The van der Waals surface area contributed by atoms with E-state index in [9.17, 15) is 4.79 Å². The van der Waals surface area contributed by atoms with Gasteiger partial charge in [-0.2, -0.15) is 0 Å². The summed E-state index contributed by atoms with van der Waals surface area (Å²) in [6, 6.07) is 17.3. The molecule has 0 aliphatic carbocycles. The summed E-state index contributed by atoms with van der Waals surface area (Å²) in [6.45, 7) is 0.446. The standard InChI is InChI=1S/C23H21ClN4O/c24-16-10-11-20-19(14-16)18(23(28-20)21-8-2-4-13-26-21)7-5-9-22(29)27-15-17-6-1-3-12-25-17/h1-4,6,8,10-14,28H,5,7,9,15H2,(H,27,29). The number of rotatable bonds is 7. The maximum absolute atomic E-state index is 12.2. The molecule has 4 rings (SSSR count). The van der Waals surface area contributed by atoms with Gasteiger partial charge in [-0.15, -0.1) is 0 Å². The first-order valence-electron chi connectivity index (χ1n) is 9.59. The van der Waals surface area contributed by atoms with Crippen molar-refractivity contribution < 1.29 is 4.79 Å². The normalized spacial score (nSPS) is 10.9. The Morgan fingerprint density at radius 3 is 2.62 bits per heavy atom. The highest BCUT2D eigenvalue weighted by Gasteiger charge is 2.15. The molecule has 2 N–H and O–H groups in total. The van der Waals surface area contributed by atoms with Crippen LogP contribution in [0.2, 0.25) is 5.02 Å². The second-order valence-corrected chi connectivity index (χ2v) is 7.27. The Kier molecular flexibility index (Phi) is 5.86. The van der Waals surface area contributed by atoms with Gasteiger partial charge >= 0.3 is 0 Å². The third kappa shape index (κ3) is 4.63. The van der Waals surface area contributed by atoms with Gasteiger partial charge in [-0.25, -0.2) is 0 Å². The van der Waals surface area contributed by atoms with Crippen molar-refractivity contribution in [3.05, 3.63) is 83.3 Å². The summed E-state index contributed by atoms with van der Waals surface area (Å²) >= 11 is 6.23. The minimum atomic E-state index is 0.0212. The molecule has 29 heavy (non-hydrogen) atoms. The predicted octanol–water partition coefficient (Wildman–Crippen LogP) is 4.92. The number of hydrogen-bond acceptors (Lipinski definition) is 3. The molecule has 146 valence electrons. The highest BCUT2D eigenvalue weighted by molar-refractivity contribution is 6.31. The number of aromatic amines is 1. The van der Waals surface area contributed by atoms with E-state index in [0.29, 0.717) is 18.0 Å². The van der Waals surface area contributed by atoms with Gasteiger partial charge in [-0.05, 0) is 60.9 Å². The molecule has 1 amide bonds. The van der Waals surface area contributed by atoms with E-state index in [1.54, 1.807) is 12.4 Å². The molecule has 0 bridgehead atoms. The molecular weight excluding hydrogens is 384 g/mol. The zero-order valence-electron chi connectivity index (χ0n) is 15.9. The number of H-pyrrole nitrogens is 1. The Labute approximate surface area is 174 Å². The molecule has 3 heterocycles. The zero-order chi connectivity index (χ0) is 20.1. The molecule has 0 unspecified atom stereocenters. The zero-order valence-corrected chi connectivity index (χ0v) is 16.6. The van der Waals surface area contributed by atoms with E-state index in [1.165, 1.54) is 0 Å². The molecule has 4 aromatic rings. The average Bonchev–Trinajstić information content (AvgIpc) is 3.11. The van der Waals surface area contributed by atoms with E-state index in [4.69, 9.17) is 11.6 Å². The number of carbonyl (C=O) groups is 1. The lowest BCUT2D eigenvalue weighted by molar-refractivity contribution is -0.121. The lowest BCUT2D eigenvalue weighted by atomic mass is 10.0. The number of nitrogens with one attached hydrogen (secondary N) is 2. The Balaban J connectivity index is 1.47. The minimum Gasteiger partial charge on any atom is -0.353 e. The number of halogens is 1. The average molecular weight is 405 g/mol. The summed E-state index contributed by atoms with van der Waals surface area (Å²) < 4.78 is 0. The quantitative estimate of drug-likeness (QED) is 0.459. The van der Waals surface area contributed by atoms with Crippen molar-refractivity contribution in [3.8, 4) is 11.4 Å². The van der Waals surface area contributed by atoms with E-state index in [1.807, 2.05) is 54.6 Å². The van der Waals surface area contributed by atoms with E-state index < -0.39 is 0 Å². The van der Waals surface area contributed by atoms with Crippen LogP contribution in [-0.4, -0.2) is 20.9 Å². The van der Waals surface area contributed by atoms with Crippen molar-refractivity contribution in [2.24, 2.45) is 0 Å². The summed E-state index contributed by atoms with van der Waals surface area (Å²) in [5.74, 6) is 0.0212. The molecule has 1 aromatic carbocycles. The van der Waals surface area contributed by atoms with Crippen molar-refractivity contribution in [1.82, 2.24) is 20.3 Å². The van der Waals surface area contributed by atoms with Crippen LogP contribution in [0.1, 0.15) is 24.1 Å². The first-order chi connectivity index (χ1) is 14.2. The van der Waals surface area contributed by atoms with Crippen LogP contribution in [0.5, 0.6) is 0 Å². The lowest BCUT2D eigenvalue weighted by Crippen LogP contribution is -2.23. The number of benzene rings is 1. The largest absolute Gasteiger partial charge is 0.353 e. The van der Waals surface area contributed by atoms with E-state index in [0.717, 1.165) is 46.4 Å². The topological polar surface area (TPSA) is 70.7 Å². The van der Waals surface area contributed by atoms with Gasteiger partial charge in [-0.3, -0.25) is 14.8 Å². The van der Waals surface area contributed by atoms with Crippen molar-refractivity contribution in [3.63, 3.8) is 0 Å². The van der Waals surface area contributed by atoms with Gasteiger partial charge in [0.2, 0.25) is 5.91 Å². The Morgan fingerprint density at radius 1 is 1.03 bits per heavy atom. The molecule has 0 aliphatic rings. The fourth-order valence-corrected chi connectivity index (χ4v) is 3.59. The summed E-state index contributed by atoms with van der Waals surface area (Å²) in [5.41, 5.74) is 4.87. The molecule has 5 nitrogen and oxygen atoms in total. The van der Waals surface area contributed by atoms with Gasteiger partial charge in [-0.1, -0.05) is 23.7 Å². The van der Waals surface area contributed by atoms with Gasteiger partial charge in [0.25, 0.3) is 0 Å². The van der Waals surface area contributed by atoms with Crippen LogP contribution in [0.4, 0.5) is 0 Å². The van der Waals surface area contributed by atoms with Gasteiger partial charge in [0.15, 0.2) is 0 Å². The number of amides is 1. The van der Waals surface area contributed by atoms with Gasteiger partial charge in [0.1, 0.15) is 0 Å². The van der Waals surface area contributed by atoms with Crippen LogP contribution >= 0.6 is 11.6 Å². The molecule has 0 saturated carbocycles. The highest BCUT2D eigenvalue weighted by Crippen LogP contribution is 2.32. The Hall–Kier alpha value is -3.18. The monoisotopic (exact) mass is 404 g/mol. The number of fused-ring (bicyclic) bond motifs is 1. The first-order valence-corrected chi connectivity index (χ1v) is 9.96. The van der Waals surface area contributed by atoms with Gasteiger partial charge in [0.05, 0.1) is 23.6 Å². The predicted molar refractivity (Wildman–Crippen MR) is 116 cm³/mol. The maximum atomic E-state index is 12.2. The SMILES string of the molecule is O=C(CCCc1c(-c2ccccn2)[nH]c2ccc(Cl)cc12)NCc1ccccn1. The summed E-state index contributed by atoms with van der Waals surface area (Å²) in [4.78, 5) is 24.4. The van der Waals surface area contributed by atoms with Crippen LogP contribution < -0.4 is 5.32 Å². The Bertz CT molecular complexity index is 1110. The minimum absolute atomic E-state index is 0.0212. The van der Waals surface area contributed by atoms with E-state index in [2.05, 4.69) is 20.3 Å². The van der Waals surface area contributed by atoms with Crippen molar-refractivity contribution in [2.45, 2.75) is 25.8 Å². The van der Waals surface area contributed by atoms with Crippen molar-refractivity contribution in [1.29, 1.82) is 0 Å². The molecule has 0 radical (unpaired) electrons. The molecule has 0 saturated heterocycles. The molecule has 0 aliphatic heterocycles. The van der Waals surface area contributed by atoms with Crippen LogP contribution in [0.25, 0.3) is 22.3 Å². The van der Waals surface area contributed by atoms with Crippen LogP contribution in [0.15, 0.2) is 67.0 Å². The second-order valence-electron chi connectivity index (χ2n) is 6.83. The third-order valence-corrected chi connectivity index (χ3v) is 5.05. The molecular formula is C23H21ClN4O. The summed E-state index contributed by atoms with van der Waals surface area (Å²) in [6.07, 6.45) is 5.43. The number of hydrogen-bond donors (Lipinski definition) is 2. The van der Waals surface area contributed by atoms with Crippen LogP contribution in [0.3, 0.4) is 0 Å². The van der Waals surface area contributed by atoms with Crippen LogP contribution in [-0.2, 0) is 17.8 Å². The number of carbonyl (C=O) groups excluding carboxylic acids is 1.